The van der Waals surface area contributed by atoms with E-state index in [4.69, 9.17) is 32.7 Å². The molecule has 0 saturated carbocycles. The van der Waals surface area contributed by atoms with Gasteiger partial charge in [-0.15, -0.1) is 0 Å². The van der Waals surface area contributed by atoms with Gasteiger partial charge in [-0.25, -0.2) is 4.98 Å². The number of benzene rings is 1. The number of fused-ring (bicyclic) bond motifs is 1. The number of nitrogens with one attached hydrogen (secondary N) is 1. The number of ether oxygens (including phenoxy) is 2. The molecule has 3 heterocycles. The van der Waals surface area contributed by atoms with E-state index in [0.29, 0.717) is 72.2 Å². The first kappa shape index (κ1) is 27.9. The van der Waals surface area contributed by atoms with E-state index in [1.807, 2.05) is 11.8 Å². The largest absolute Gasteiger partial charge is 0.495 e. The molecule has 0 bridgehead atoms. The number of hydrogen-bond acceptors (Lipinski definition) is 8. The van der Waals surface area contributed by atoms with Crippen molar-refractivity contribution < 1.29 is 14.3 Å². The van der Waals surface area contributed by atoms with Gasteiger partial charge in [0.15, 0.2) is 0 Å². The summed E-state index contributed by atoms with van der Waals surface area (Å²) in [5, 5.41) is 4.22. The number of carbonyl (C=O) groups is 1. The van der Waals surface area contributed by atoms with Crippen molar-refractivity contribution in [3.63, 3.8) is 0 Å². The average Bonchev–Trinajstić information content (AvgIpc) is 2.91. The highest BCUT2D eigenvalue weighted by molar-refractivity contribution is 6.41. The molecule has 1 amide bonds. The molecule has 1 N–H and O–H groups in total. The van der Waals surface area contributed by atoms with E-state index in [1.54, 1.807) is 29.8 Å². The summed E-state index contributed by atoms with van der Waals surface area (Å²) >= 11 is 13.3. The molecule has 1 saturated heterocycles. The minimum absolute atomic E-state index is 0.0992. The van der Waals surface area contributed by atoms with Gasteiger partial charge in [0, 0.05) is 69.4 Å². The highest BCUT2D eigenvalue weighted by Gasteiger charge is 2.24. The van der Waals surface area contributed by atoms with Crippen LogP contribution >= 0.6 is 23.2 Å². The second-order valence-corrected chi connectivity index (χ2v) is 9.76. The van der Waals surface area contributed by atoms with Crippen LogP contribution in [-0.4, -0.2) is 83.7 Å². The summed E-state index contributed by atoms with van der Waals surface area (Å²) in [6, 6.07) is 3.29. The number of carbonyl (C=O) groups excluding carboxylic acids is 1. The zero-order chi connectivity index (χ0) is 27.4. The van der Waals surface area contributed by atoms with Crippen molar-refractivity contribution in [2.75, 3.05) is 58.8 Å². The maximum atomic E-state index is 14.0. The van der Waals surface area contributed by atoms with E-state index in [1.165, 1.54) is 14.2 Å². The van der Waals surface area contributed by atoms with Crippen molar-refractivity contribution in [2.24, 2.45) is 0 Å². The van der Waals surface area contributed by atoms with Crippen molar-refractivity contribution in [1.82, 2.24) is 24.3 Å². The van der Waals surface area contributed by atoms with Crippen LogP contribution < -0.4 is 20.3 Å². The number of anilines is 1. The van der Waals surface area contributed by atoms with Crippen molar-refractivity contribution in [3.8, 4) is 22.6 Å². The third kappa shape index (κ3) is 5.67. The summed E-state index contributed by atoms with van der Waals surface area (Å²) in [6.45, 7) is 8.43. The topological polar surface area (TPSA) is 102 Å². The Kier molecular flexibility index (Phi) is 8.96. The molecular formula is C26H32Cl2N6O4. The molecule has 0 aliphatic carbocycles. The van der Waals surface area contributed by atoms with Crippen LogP contribution in [0.15, 0.2) is 23.1 Å². The molecule has 1 fully saturated rings. The number of piperazine rings is 1. The zero-order valence-corrected chi connectivity index (χ0v) is 23.5. The standard InChI is InChI=1S/C26H32Cl2N6O4/c1-5-29-26-30-15-17-13-18(21-22(27)19(37-3)14-20(38-4)23(21)28)25(36)34(24(17)31-26)8-6-7-32-9-11-33(12-10-32)16(2)35/h13-15H,5-12H2,1-4H3,(H,29,30,31). The quantitative estimate of drug-likeness (QED) is 0.420. The molecular weight excluding hydrogens is 531 g/mol. The number of hydrogen-bond donors (Lipinski definition) is 1. The Bertz CT molecular complexity index is 1360. The van der Waals surface area contributed by atoms with Gasteiger partial charge in [-0.2, -0.15) is 4.98 Å². The first-order chi connectivity index (χ1) is 18.3. The first-order valence-electron chi connectivity index (χ1n) is 12.5. The van der Waals surface area contributed by atoms with Crippen LogP contribution in [0.1, 0.15) is 20.3 Å². The molecule has 1 aliphatic rings. The van der Waals surface area contributed by atoms with Crippen molar-refractivity contribution in [1.29, 1.82) is 0 Å². The molecule has 12 heteroatoms. The second kappa shape index (κ2) is 12.2. The lowest BCUT2D eigenvalue weighted by atomic mass is 10.0. The summed E-state index contributed by atoms with van der Waals surface area (Å²) in [5.74, 6) is 1.23. The maximum Gasteiger partial charge on any atom is 0.260 e. The summed E-state index contributed by atoms with van der Waals surface area (Å²) in [4.78, 5) is 38.8. The lowest BCUT2D eigenvalue weighted by Crippen LogP contribution is -2.48. The highest BCUT2D eigenvalue weighted by Crippen LogP contribution is 2.45. The van der Waals surface area contributed by atoms with Crippen molar-refractivity contribution in [2.45, 2.75) is 26.8 Å². The molecule has 0 spiro atoms. The van der Waals surface area contributed by atoms with Gasteiger partial charge < -0.3 is 19.7 Å². The molecule has 1 aromatic carbocycles. The molecule has 0 unspecified atom stereocenters. The van der Waals surface area contributed by atoms with Gasteiger partial charge in [-0.1, -0.05) is 23.2 Å². The van der Waals surface area contributed by atoms with Gasteiger partial charge in [-0.05, 0) is 26.0 Å². The Morgan fingerprint density at radius 3 is 2.29 bits per heavy atom. The molecule has 1 aliphatic heterocycles. The number of aryl methyl sites for hydroxylation is 1. The summed E-state index contributed by atoms with van der Waals surface area (Å²) in [5.41, 5.74) is 0.883. The fourth-order valence-electron chi connectivity index (χ4n) is 4.65. The second-order valence-electron chi connectivity index (χ2n) is 9.00. The fourth-order valence-corrected chi connectivity index (χ4v) is 5.35. The van der Waals surface area contributed by atoms with Crippen molar-refractivity contribution in [3.05, 3.63) is 38.7 Å². The Balaban J connectivity index is 1.74. The lowest BCUT2D eigenvalue weighted by Gasteiger charge is -2.34. The lowest BCUT2D eigenvalue weighted by molar-refractivity contribution is -0.130. The van der Waals surface area contributed by atoms with E-state index >= 15 is 0 Å². The number of amides is 1. The van der Waals surface area contributed by atoms with Crippen LogP contribution in [0.25, 0.3) is 22.2 Å². The first-order valence-corrected chi connectivity index (χ1v) is 13.3. The van der Waals surface area contributed by atoms with E-state index in [0.717, 1.165) is 19.6 Å². The van der Waals surface area contributed by atoms with E-state index in [9.17, 15) is 9.59 Å². The third-order valence-electron chi connectivity index (χ3n) is 6.68. The van der Waals surface area contributed by atoms with E-state index < -0.39 is 0 Å². The zero-order valence-electron chi connectivity index (χ0n) is 22.0. The smallest absolute Gasteiger partial charge is 0.260 e. The van der Waals surface area contributed by atoms with Crippen LogP contribution in [0.4, 0.5) is 5.95 Å². The van der Waals surface area contributed by atoms with Crippen LogP contribution in [0.3, 0.4) is 0 Å². The number of nitrogens with zero attached hydrogens (tertiary/aromatic N) is 5. The molecule has 3 aromatic rings. The van der Waals surface area contributed by atoms with Crippen LogP contribution in [-0.2, 0) is 11.3 Å². The summed E-state index contributed by atoms with van der Waals surface area (Å²) in [6.07, 6.45) is 2.39. The SMILES string of the molecule is CCNc1ncc2cc(-c3c(Cl)c(OC)cc(OC)c3Cl)c(=O)n(CCCN3CCN(C(C)=O)CC3)c2n1. The van der Waals surface area contributed by atoms with E-state index in [-0.39, 0.29) is 21.5 Å². The molecule has 204 valence electrons. The summed E-state index contributed by atoms with van der Waals surface area (Å²) in [7, 11) is 2.98. The summed E-state index contributed by atoms with van der Waals surface area (Å²) < 4.78 is 12.5. The molecule has 2 aromatic heterocycles. The fraction of sp³-hybridized carbons (Fsp3) is 0.462. The van der Waals surface area contributed by atoms with Crippen LogP contribution in [0.2, 0.25) is 10.0 Å². The van der Waals surface area contributed by atoms with Gasteiger partial charge in [0.25, 0.3) is 5.56 Å². The van der Waals surface area contributed by atoms with Gasteiger partial charge in [0.1, 0.15) is 17.1 Å². The number of methoxy groups -OCH3 is 2. The Labute approximate surface area is 231 Å². The average molecular weight is 563 g/mol. The normalized spacial score (nSPS) is 14.1. The van der Waals surface area contributed by atoms with E-state index in [2.05, 4.69) is 20.2 Å². The van der Waals surface area contributed by atoms with Gasteiger partial charge in [0.05, 0.1) is 29.8 Å². The maximum absolute atomic E-state index is 14.0. The highest BCUT2D eigenvalue weighted by atomic mass is 35.5. The molecule has 0 atom stereocenters. The minimum Gasteiger partial charge on any atom is -0.495 e. The predicted molar refractivity (Wildman–Crippen MR) is 150 cm³/mol. The molecule has 10 nitrogen and oxygen atoms in total. The minimum atomic E-state index is -0.279. The molecule has 0 radical (unpaired) electrons. The Morgan fingerprint density at radius 2 is 1.71 bits per heavy atom. The Hall–Kier alpha value is -3.08. The monoisotopic (exact) mass is 562 g/mol. The number of aromatic nitrogens is 3. The van der Waals surface area contributed by atoms with Crippen LogP contribution in [0, 0.1) is 0 Å². The number of pyridine rings is 1. The Morgan fingerprint density at radius 1 is 1.05 bits per heavy atom. The number of halogens is 2. The molecule has 4 rings (SSSR count). The number of rotatable bonds is 9. The molecule has 38 heavy (non-hydrogen) atoms. The van der Waals surface area contributed by atoms with Crippen molar-refractivity contribution >= 4 is 46.1 Å². The predicted octanol–water partition coefficient (Wildman–Crippen LogP) is 3.77. The van der Waals surface area contributed by atoms with Gasteiger partial charge in [-0.3, -0.25) is 19.1 Å². The third-order valence-corrected chi connectivity index (χ3v) is 7.43. The van der Waals surface area contributed by atoms with Gasteiger partial charge >= 0.3 is 0 Å². The van der Waals surface area contributed by atoms with Crippen LogP contribution in [0.5, 0.6) is 11.5 Å². The van der Waals surface area contributed by atoms with Gasteiger partial charge in [0.2, 0.25) is 11.9 Å².